The van der Waals surface area contributed by atoms with Crippen LogP contribution in [0.25, 0.3) is 0 Å². The van der Waals surface area contributed by atoms with E-state index in [1.165, 1.54) is 0 Å². The second-order valence-corrected chi connectivity index (χ2v) is 10.8. The SMILES string of the molecule is CCON1[Si](C)N(OCC)[Si](C)N(OCC)[Si]1C. The Bertz CT molecular complexity index is 202. The molecule has 0 aromatic carbocycles. The van der Waals surface area contributed by atoms with Crippen LogP contribution < -0.4 is 0 Å². The fraction of sp³-hybridized carbons (Fsp3) is 1.00. The summed E-state index contributed by atoms with van der Waals surface area (Å²) in [6.07, 6.45) is 0. The van der Waals surface area contributed by atoms with Crippen molar-refractivity contribution in [2.45, 2.75) is 40.4 Å². The standard InChI is InChI=1S/C9H24N3O3Si3/c1-7-13-10-16(4)11(14-8-2)18(6)12(15-9-3)17(10)5/h7-9H2,1-6H3. The topological polar surface area (TPSA) is 37.4 Å². The number of rotatable bonds is 6. The summed E-state index contributed by atoms with van der Waals surface area (Å²) in [6.45, 7) is 14.8. The summed E-state index contributed by atoms with van der Waals surface area (Å²) in [5.41, 5.74) is 0. The molecule has 0 saturated carbocycles. The highest BCUT2D eigenvalue weighted by molar-refractivity contribution is 6.83. The fourth-order valence-corrected chi connectivity index (χ4v) is 12.4. The van der Waals surface area contributed by atoms with Gasteiger partial charge in [-0.15, -0.1) is 0 Å². The first kappa shape index (κ1) is 16.5. The van der Waals surface area contributed by atoms with E-state index >= 15 is 0 Å². The van der Waals surface area contributed by atoms with Crippen LogP contribution in [0.15, 0.2) is 0 Å². The van der Waals surface area contributed by atoms with Gasteiger partial charge in [0, 0.05) is 0 Å². The summed E-state index contributed by atoms with van der Waals surface area (Å²) < 4.78 is 6.41. The largest absolute Gasteiger partial charge is 0.311 e. The molecule has 1 saturated heterocycles. The van der Waals surface area contributed by atoms with E-state index in [2.05, 4.69) is 32.8 Å². The number of hydrogen-bond acceptors (Lipinski definition) is 6. The smallest absolute Gasteiger partial charge is 0.266 e. The van der Waals surface area contributed by atoms with Crippen LogP contribution in [-0.2, 0) is 14.5 Å². The summed E-state index contributed by atoms with van der Waals surface area (Å²) in [4.78, 5) is 17.4. The molecule has 0 amide bonds. The second-order valence-electron chi connectivity index (χ2n) is 3.78. The molecule has 0 aromatic rings. The Morgan fingerprint density at radius 1 is 0.611 bits per heavy atom. The van der Waals surface area contributed by atoms with Crippen molar-refractivity contribution < 1.29 is 14.5 Å². The highest BCUT2D eigenvalue weighted by Crippen LogP contribution is 2.20. The maximum atomic E-state index is 5.81. The molecule has 0 N–H and O–H groups in total. The normalized spacial score (nSPS) is 23.0. The zero-order valence-electron chi connectivity index (χ0n) is 12.2. The number of hydrogen-bond donors (Lipinski definition) is 0. The van der Waals surface area contributed by atoms with Crippen molar-refractivity contribution >= 4 is 27.4 Å². The molecule has 0 unspecified atom stereocenters. The van der Waals surface area contributed by atoms with Crippen molar-refractivity contribution in [3.8, 4) is 0 Å². The van der Waals surface area contributed by atoms with Crippen molar-refractivity contribution in [3.63, 3.8) is 0 Å². The predicted molar refractivity (Wildman–Crippen MR) is 75.2 cm³/mol. The van der Waals surface area contributed by atoms with Crippen LogP contribution >= 0.6 is 0 Å². The predicted octanol–water partition coefficient (Wildman–Crippen LogP) is 1.11. The Morgan fingerprint density at radius 2 is 0.833 bits per heavy atom. The van der Waals surface area contributed by atoms with Crippen molar-refractivity contribution in [3.05, 3.63) is 0 Å². The summed E-state index contributed by atoms with van der Waals surface area (Å²) in [5.74, 6) is 0. The molecule has 1 aliphatic heterocycles. The third-order valence-electron chi connectivity index (χ3n) is 2.54. The summed E-state index contributed by atoms with van der Waals surface area (Å²) >= 11 is 0. The third kappa shape index (κ3) is 3.49. The molecule has 105 valence electrons. The molecule has 0 aliphatic carbocycles. The van der Waals surface area contributed by atoms with E-state index < -0.39 is 27.4 Å². The minimum atomic E-state index is -0.952. The van der Waals surface area contributed by atoms with E-state index in [9.17, 15) is 0 Å². The molecule has 0 aromatic heterocycles. The van der Waals surface area contributed by atoms with Gasteiger partial charge in [-0.05, 0) is 40.4 Å². The monoisotopic (exact) mass is 306 g/mol. The lowest BCUT2D eigenvalue weighted by Gasteiger charge is -2.49. The molecule has 1 rings (SSSR count). The zero-order chi connectivity index (χ0) is 13.7. The van der Waals surface area contributed by atoms with Crippen molar-refractivity contribution in [2.75, 3.05) is 19.8 Å². The average molecular weight is 307 g/mol. The summed E-state index contributed by atoms with van der Waals surface area (Å²) in [7, 11) is -2.85. The first-order valence-corrected chi connectivity index (χ1v) is 12.1. The second kappa shape index (κ2) is 7.87. The van der Waals surface area contributed by atoms with Gasteiger partial charge >= 0.3 is 0 Å². The van der Waals surface area contributed by atoms with Crippen LogP contribution in [0.4, 0.5) is 0 Å². The van der Waals surface area contributed by atoms with Crippen LogP contribution in [0.5, 0.6) is 0 Å². The molecule has 9 heteroatoms. The van der Waals surface area contributed by atoms with Crippen LogP contribution in [0.2, 0.25) is 19.6 Å². The third-order valence-corrected chi connectivity index (χ3v) is 12.7. The molecule has 3 radical (unpaired) electrons. The van der Waals surface area contributed by atoms with Crippen LogP contribution in [0, 0.1) is 0 Å². The van der Waals surface area contributed by atoms with Crippen LogP contribution in [-0.4, -0.2) is 60.4 Å². The molecule has 18 heavy (non-hydrogen) atoms. The van der Waals surface area contributed by atoms with Crippen LogP contribution in [0.3, 0.4) is 0 Å². The Morgan fingerprint density at radius 3 is 1.00 bits per heavy atom. The minimum absolute atomic E-state index is 0.690. The van der Waals surface area contributed by atoms with Gasteiger partial charge in [0.1, 0.15) is 0 Å². The van der Waals surface area contributed by atoms with E-state index in [0.717, 1.165) is 0 Å². The fourth-order valence-electron chi connectivity index (χ4n) is 1.90. The quantitative estimate of drug-likeness (QED) is 0.685. The van der Waals surface area contributed by atoms with E-state index in [0.29, 0.717) is 19.8 Å². The minimum Gasteiger partial charge on any atom is -0.311 e. The summed E-state index contributed by atoms with van der Waals surface area (Å²) in [6, 6.07) is 0. The summed E-state index contributed by atoms with van der Waals surface area (Å²) in [5, 5.41) is 0. The van der Waals surface area contributed by atoms with E-state index in [4.69, 9.17) is 14.5 Å². The molecule has 1 heterocycles. The highest BCUT2D eigenvalue weighted by Gasteiger charge is 2.47. The first-order valence-electron chi connectivity index (χ1n) is 6.38. The lowest BCUT2D eigenvalue weighted by atomic mass is 10.9. The molecule has 0 bridgehead atoms. The van der Waals surface area contributed by atoms with Gasteiger partial charge in [-0.25, -0.2) is 13.2 Å². The molecule has 0 atom stereocenters. The van der Waals surface area contributed by atoms with Gasteiger partial charge in [0.15, 0.2) is 0 Å². The van der Waals surface area contributed by atoms with Gasteiger partial charge in [-0.1, -0.05) is 0 Å². The van der Waals surface area contributed by atoms with Gasteiger partial charge in [0.05, 0.1) is 19.8 Å². The van der Waals surface area contributed by atoms with Gasteiger partial charge in [-0.2, -0.15) is 0 Å². The van der Waals surface area contributed by atoms with Crippen molar-refractivity contribution in [1.82, 2.24) is 13.2 Å². The average Bonchev–Trinajstić information content (AvgIpc) is 2.35. The molecule has 1 aliphatic rings. The lowest BCUT2D eigenvalue weighted by molar-refractivity contribution is -0.123. The van der Waals surface area contributed by atoms with Gasteiger partial charge in [-0.3, -0.25) is 0 Å². The van der Waals surface area contributed by atoms with Crippen molar-refractivity contribution in [2.24, 2.45) is 0 Å². The van der Waals surface area contributed by atoms with Gasteiger partial charge in [0.2, 0.25) is 0 Å². The molecular formula is C9H24N3O3Si3. The Labute approximate surface area is 116 Å². The zero-order valence-corrected chi connectivity index (χ0v) is 15.2. The molecule has 0 spiro atoms. The van der Waals surface area contributed by atoms with Gasteiger partial charge in [0.25, 0.3) is 27.4 Å². The molecular weight excluding hydrogens is 282 g/mol. The van der Waals surface area contributed by atoms with E-state index in [1.54, 1.807) is 0 Å². The first-order chi connectivity index (χ1) is 8.58. The highest BCUT2D eigenvalue weighted by atomic mass is 28.4. The molecule has 1 fully saturated rings. The molecule has 6 nitrogen and oxygen atoms in total. The number of nitrogens with zero attached hydrogens (tertiary/aromatic N) is 3. The maximum Gasteiger partial charge on any atom is 0.266 e. The van der Waals surface area contributed by atoms with E-state index in [1.807, 2.05) is 20.8 Å². The van der Waals surface area contributed by atoms with E-state index in [-0.39, 0.29) is 0 Å². The van der Waals surface area contributed by atoms with Gasteiger partial charge < -0.3 is 14.5 Å². The maximum absolute atomic E-state index is 5.81. The Hall–Kier alpha value is 0.411. The Balaban J connectivity index is 2.86. The Kier molecular flexibility index (Phi) is 7.20. The van der Waals surface area contributed by atoms with Crippen molar-refractivity contribution in [1.29, 1.82) is 0 Å². The lowest BCUT2D eigenvalue weighted by Crippen LogP contribution is -2.74. The van der Waals surface area contributed by atoms with Crippen LogP contribution in [0.1, 0.15) is 20.8 Å².